The van der Waals surface area contributed by atoms with Crippen LogP contribution in [0.4, 0.5) is 0 Å². The van der Waals surface area contributed by atoms with Crippen LogP contribution in [0.25, 0.3) is 0 Å². The molecular formula is C16H28N4O9S. The lowest BCUT2D eigenvalue weighted by molar-refractivity contribution is -0.147. The third-order valence-electron chi connectivity index (χ3n) is 3.87. The molecule has 0 aromatic heterocycles. The van der Waals surface area contributed by atoms with Crippen molar-refractivity contribution in [2.45, 2.75) is 50.0 Å². The van der Waals surface area contributed by atoms with Crippen molar-refractivity contribution in [2.75, 3.05) is 18.6 Å². The van der Waals surface area contributed by atoms with E-state index in [-0.39, 0.29) is 6.42 Å². The molecule has 0 heterocycles. The summed E-state index contributed by atoms with van der Waals surface area (Å²) in [4.78, 5) is 58.5. The first-order valence-electron chi connectivity index (χ1n) is 8.83. The Kier molecular flexibility index (Phi) is 12.6. The number of carbonyl (C=O) groups excluding carboxylic acids is 3. The van der Waals surface area contributed by atoms with Crippen LogP contribution in [0.15, 0.2) is 0 Å². The molecule has 5 unspecified atom stereocenters. The molecule has 0 rings (SSSR count). The molecule has 30 heavy (non-hydrogen) atoms. The smallest absolute Gasteiger partial charge is 0.326 e. The van der Waals surface area contributed by atoms with Crippen LogP contribution >= 0.6 is 11.8 Å². The second kappa shape index (κ2) is 13.7. The van der Waals surface area contributed by atoms with Crippen molar-refractivity contribution >= 4 is 41.4 Å². The van der Waals surface area contributed by atoms with Crippen LogP contribution in [0.3, 0.4) is 0 Å². The van der Waals surface area contributed by atoms with Gasteiger partial charge < -0.3 is 42.1 Å². The standard InChI is InChI=1S/C16H28N4O9S/c1-7(22)12(17)15(27)18-8(3-4-30-2)13(25)20-10(6-21)14(26)19-9(16(28)29)5-11(23)24/h7-10,12,21-22H,3-6,17H2,1-2H3,(H,18,27)(H,19,26)(H,20,25)(H,23,24)(H,28,29). The second-order valence-electron chi connectivity index (χ2n) is 6.35. The van der Waals surface area contributed by atoms with E-state index < -0.39 is 73.0 Å². The molecule has 3 amide bonds. The normalized spacial score (nSPS) is 15.8. The summed E-state index contributed by atoms with van der Waals surface area (Å²) in [5.74, 6) is -5.40. The number of rotatable bonds is 14. The fourth-order valence-corrected chi connectivity index (χ4v) is 2.58. The highest BCUT2D eigenvalue weighted by atomic mass is 32.2. The Balaban J connectivity index is 5.21. The van der Waals surface area contributed by atoms with Crippen LogP contribution in [0, 0.1) is 0 Å². The quantitative estimate of drug-likeness (QED) is 0.129. The molecule has 0 aliphatic carbocycles. The summed E-state index contributed by atoms with van der Waals surface area (Å²) in [6, 6.07) is -5.80. The highest BCUT2D eigenvalue weighted by Gasteiger charge is 2.31. The predicted molar refractivity (Wildman–Crippen MR) is 105 cm³/mol. The molecule has 5 atom stereocenters. The largest absolute Gasteiger partial charge is 0.481 e. The first-order valence-corrected chi connectivity index (χ1v) is 10.2. The number of nitrogens with two attached hydrogens (primary N) is 1. The summed E-state index contributed by atoms with van der Waals surface area (Å²) in [6.07, 6.45) is -0.178. The predicted octanol–water partition coefficient (Wildman–Crippen LogP) is -3.55. The summed E-state index contributed by atoms with van der Waals surface area (Å²) in [5, 5.41) is 42.9. The summed E-state index contributed by atoms with van der Waals surface area (Å²) >= 11 is 1.38. The molecule has 13 nitrogen and oxygen atoms in total. The second-order valence-corrected chi connectivity index (χ2v) is 7.34. The molecule has 0 fully saturated rings. The summed E-state index contributed by atoms with van der Waals surface area (Å²) in [7, 11) is 0. The van der Waals surface area contributed by atoms with Crippen molar-refractivity contribution in [2.24, 2.45) is 5.73 Å². The zero-order valence-corrected chi connectivity index (χ0v) is 17.3. The van der Waals surface area contributed by atoms with Gasteiger partial charge >= 0.3 is 11.9 Å². The topological polar surface area (TPSA) is 228 Å². The van der Waals surface area contributed by atoms with Crippen molar-refractivity contribution in [3.05, 3.63) is 0 Å². The van der Waals surface area contributed by atoms with Crippen LogP contribution in [0.1, 0.15) is 19.8 Å². The van der Waals surface area contributed by atoms with Crippen molar-refractivity contribution in [3.63, 3.8) is 0 Å². The van der Waals surface area contributed by atoms with Gasteiger partial charge in [-0.3, -0.25) is 19.2 Å². The molecule has 172 valence electrons. The Morgan fingerprint density at radius 1 is 0.933 bits per heavy atom. The minimum absolute atomic E-state index is 0.141. The zero-order chi connectivity index (χ0) is 23.4. The van der Waals surface area contributed by atoms with E-state index in [9.17, 15) is 34.2 Å². The Labute approximate surface area is 176 Å². The van der Waals surface area contributed by atoms with Crippen molar-refractivity contribution in [1.82, 2.24) is 16.0 Å². The summed E-state index contributed by atoms with van der Waals surface area (Å²) < 4.78 is 0. The molecule has 14 heteroatoms. The van der Waals surface area contributed by atoms with Gasteiger partial charge in [0.05, 0.1) is 19.1 Å². The molecule has 0 saturated heterocycles. The molecule has 0 aliphatic rings. The van der Waals surface area contributed by atoms with Gasteiger partial charge in [0.15, 0.2) is 0 Å². The van der Waals surface area contributed by atoms with Gasteiger partial charge in [0.2, 0.25) is 17.7 Å². The number of thioether (sulfide) groups is 1. The third-order valence-corrected chi connectivity index (χ3v) is 4.52. The van der Waals surface area contributed by atoms with Crippen molar-refractivity contribution in [3.8, 4) is 0 Å². The number of carboxylic acids is 2. The Bertz CT molecular complexity index is 632. The maximum atomic E-state index is 12.5. The number of hydrogen-bond acceptors (Lipinski definition) is 9. The average molecular weight is 452 g/mol. The van der Waals surface area contributed by atoms with Crippen LogP contribution in [0.2, 0.25) is 0 Å². The number of aliphatic hydroxyl groups excluding tert-OH is 2. The molecule has 0 saturated carbocycles. The summed E-state index contributed by atoms with van der Waals surface area (Å²) in [5.41, 5.74) is 5.53. The van der Waals surface area contributed by atoms with E-state index in [1.54, 1.807) is 6.26 Å². The SMILES string of the molecule is CSCCC(NC(=O)C(N)C(C)O)C(=O)NC(CO)C(=O)NC(CC(=O)O)C(=O)O. The molecule has 0 radical (unpaired) electrons. The van der Waals surface area contributed by atoms with E-state index in [1.807, 2.05) is 5.32 Å². The number of hydrogen-bond donors (Lipinski definition) is 8. The van der Waals surface area contributed by atoms with E-state index in [0.717, 1.165) is 0 Å². The van der Waals surface area contributed by atoms with Crippen LogP contribution in [-0.4, -0.2) is 99.0 Å². The van der Waals surface area contributed by atoms with E-state index in [0.29, 0.717) is 5.75 Å². The van der Waals surface area contributed by atoms with E-state index in [2.05, 4.69) is 10.6 Å². The molecule has 0 spiro atoms. The van der Waals surface area contributed by atoms with Gasteiger partial charge in [-0.2, -0.15) is 11.8 Å². The minimum atomic E-state index is -1.77. The van der Waals surface area contributed by atoms with E-state index >= 15 is 0 Å². The third kappa shape index (κ3) is 9.87. The highest BCUT2D eigenvalue weighted by Crippen LogP contribution is 2.03. The number of nitrogens with one attached hydrogen (secondary N) is 3. The molecule has 0 aromatic carbocycles. The highest BCUT2D eigenvalue weighted by molar-refractivity contribution is 7.98. The van der Waals surface area contributed by atoms with Crippen LogP contribution < -0.4 is 21.7 Å². The lowest BCUT2D eigenvalue weighted by atomic mass is 10.1. The molecular weight excluding hydrogens is 424 g/mol. The van der Waals surface area contributed by atoms with Crippen molar-refractivity contribution in [1.29, 1.82) is 0 Å². The average Bonchev–Trinajstić information content (AvgIpc) is 2.66. The van der Waals surface area contributed by atoms with Gasteiger partial charge in [-0.1, -0.05) is 0 Å². The monoisotopic (exact) mass is 452 g/mol. The zero-order valence-electron chi connectivity index (χ0n) is 16.5. The first kappa shape index (κ1) is 27.6. The number of carboxylic acid groups (broad SMARTS) is 2. The summed E-state index contributed by atoms with van der Waals surface area (Å²) in [6.45, 7) is 0.386. The van der Waals surface area contributed by atoms with E-state index in [4.69, 9.17) is 15.9 Å². The number of amides is 3. The molecule has 0 aromatic rings. The maximum Gasteiger partial charge on any atom is 0.326 e. The molecule has 0 bridgehead atoms. The van der Waals surface area contributed by atoms with Gasteiger partial charge in [-0.15, -0.1) is 0 Å². The Morgan fingerprint density at radius 3 is 1.87 bits per heavy atom. The fraction of sp³-hybridized carbons (Fsp3) is 0.688. The first-order chi connectivity index (χ1) is 13.9. The molecule has 9 N–H and O–H groups in total. The maximum absolute atomic E-state index is 12.5. The lowest BCUT2D eigenvalue weighted by Crippen LogP contribution is -2.59. The van der Waals surface area contributed by atoms with Crippen LogP contribution in [0.5, 0.6) is 0 Å². The number of carbonyl (C=O) groups is 5. The van der Waals surface area contributed by atoms with Gasteiger partial charge in [0, 0.05) is 0 Å². The fourth-order valence-electron chi connectivity index (χ4n) is 2.10. The minimum Gasteiger partial charge on any atom is -0.481 e. The Morgan fingerprint density at radius 2 is 1.43 bits per heavy atom. The Hall–Kier alpha value is -2.42. The van der Waals surface area contributed by atoms with Gasteiger partial charge in [-0.05, 0) is 25.4 Å². The van der Waals surface area contributed by atoms with Crippen LogP contribution in [-0.2, 0) is 24.0 Å². The van der Waals surface area contributed by atoms with Gasteiger partial charge in [0.25, 0.3) is 0 Å². The number of aliphatic hydroxyl groups is 2. The number of aliphatic carboxylic acids is 2. The molecule has 0 aliphatic heterocycles. The van der Waals surface area contributed by atoms with Gasteiger partial charge in [-0.25, -0.2) is 4.79 Å². The van der Waals surface area contributed by atoms with Gasteiger partial charge in [0.1, 0.15) is 24.2 Å². The lowest BCUT2D eigenvalue weighted by Gasteiger charge is -2.24. The van der Waals surface area contributed by atoms with Crippen molar-refractivity contribution < 1.29 is 44.4 Å². The van der Waals surface area contributed by atoms with E-state index in [1.165, 1.54) is 18.7 Å².